The molecule has 1 aromatic carbocycles. The van der Waals surface area contributed by atoms with Crippen molar-refractivity contribution in [3.63, 3.8) is 0 Å². The third-order valence-electron chi connectivity index (χ3n) is 5.59. The third-order valence-corrected chi connectivity index (χ3v) is 8.72. The van der Waals surface area contributed by atoms with Crippen LogP contribution in [0.15, 0.2) is 45.7 Å². The molecule has 1 unspecified atom stereocenters. The highest BCUT2D eigenvalue weighted by Crippen LogP contribution is 2.55. The summed E-state index contributed by atoms with van der Waals surface area (Å²) in [4.78, 5) is 9.45. The maximum absolute atomic E-state index is 12.4. The highest BCUT2D eigenvalue weighted by Gasteiger charge is 2.23. The van der Waals surface area contributed by atoms with E-state index in [1.54, 1.807) is 32.6 Å². The van der Waals surface area contributed by atoms with Crippen molar-refractivity contribution < 1.29 is 4.57 Å². The molecule has 4 N–H and O–H groups in total. The molecule has 0 aliphatic carbocycles. The Hall–Kier alpha value is -2.59. The number of nitriles is 1. The molecule has 1 heterocycles. The molecule has 10 heteroatoms. The first-order chi connectivity index (χ1) is 17.3. The lowest BCUT2D eigenvalue weighted by atomic mass is 9.87. The molecule has 0 aliphatic rings. The number of halogens is 1. The molecule has 0 radical (unpaired) electrons. The van der Waals surface area contributed by atoms with Gasteiger partial charge in [-0.15, -0.1) is 0 Å². The maximum atomic E-state index is 12.4. The van der Waals surface area contributed by atoms with Crippen LogP contribution in [0.3, 0.4) is 0 Å². The molecule has 37 heavy (non-hydrogen) atoms. The van der Waals surface area contributed by atoms with Gasteiger partial charge in [0.05, 0.1) is 16.2 Å². The predicted molar refractivity (Wildman–Crippen MR) is 159 cm³/mol. The Bertz CT molecular complexity index is 1320. The number of hydrogen-bond acceptors (Lipinski definition) is 7. The standard InChI is InChI=1S/C27H36ClN6OPS/c1-8-10-21-22(17(4)34-18(5)25(16(3)30)27(31)33-9-2)12-24(28)23(13-29)26(21)19-11-20(15-32-14-19)37-36(6,7)35/h11-12,14-15,17,30,34H,8-10H2,1-7H3,(H2,31,33)/b25-18+,30-16?. The molecule has 0 saturated heterocycles. The zero-order chi connectivity index (χ0) is 27.9. The molecule has 0 spiro atoms. The second kappa shape index (κ2) is 13.3. The van der Waals surface area contributed by atoms with Crippen LogP contribution in [0.1, 0.15) is 63.8 Å². The summed E-state index contributed by atoms with van der Waals surface area (Å²) in [6.45, 7) is 13.5. The fourth-order valence-corrected chi connectivity index (χ4v) is 7.17. The van der Waals surface area contributed by atoms with Gasteiger partial charge in [0.25, 0.3) is 0 Å². The number of benzene rings is 1. The van der Waals surface area contributed by atoms with E-state index in [4.69, 9.17) is 22.7 Å². The van der Waals surface area contributed by atoms with Crippen LogP contribution in [0.5, 0.6) is 0 Å². The van der Waals surface area contributed by atoms with Gasteiger partial charge in [0.2, 0.25) is 0 Å². The van der Waals surface area contributed by atoms with Crippen molar-refractivity contribution >= 4 is 40.9 Å². The maximum Gasteiger partial charge on any atom is 0.137 e. The number of nitrogens with two attached hydrogens (primary N) is 1. The number of aliphatic imine (C=N–C) groups is 1. The van der Waals surface area contributed by atoms with Crippen LogP contribution in [0.2, 0.25) is 5.02 Å². The minimum Gasteiger partial charge on any atom is -0.383 e. The van der Waals surface area contributed by atoms with Gasteiger partial charge in [-0.3, -0.25) is 9.98 Å². The van der Waals surface area contributed by atoms with E-state index in [-0.39, 0.29) is 6.04 Å². The summed E-state index contributed by atoms with van der Waals surface area (Å²) in [5.41, 5.74) is 11.6. The summed E-state index contributed by atoms with van der Waals surface area (Å²) in [6.07, 6.45) is 2.59. The van der Waals surface area contributed by atoms with Gasteiger partial charge in [-0.2, -0.15) is 5.26 Å². The van der Waals surface area contributed by atoms with Crippen LogP contribution >= 0.6 is 29.3 Å². The summed E-state index contributed by atoms with van der Waals surface area (Å²) in [5.74, 6) is 0.323. The van der Waals surface area contributed by atoms with E-state index < -0.39 is 6.34 Å². The number of hydrogen-bond donors (Lipinski definition) is 3. The molecule has 7 nitrogen and oxygen atoms in total. The van der Waals surface area contributed by atoms with Crippen LogP contribution in [0.4, 0.5) is 0 Å². The second-order valence-electron chi connectivity index (χ2n) is 9.14. The lowest BCUT2D eigenvalue weighted by molar-refractivity contribution is 0.591. The van der Waals surface area contributed by atoms with Crippen molar-refractivity contribution in [2.24, 2.45) is 10.7 Å². The van der Waals surface area contributed by atoms with E-state index in [1.165, 1.54) is 11.4 Å². The van der Waals surface area contributed by atoms with Gasteiger partial charge >= 0.3 is 0 Å². The van der Waals surface area contributed by atoms with E-state index in [0.29, 0.717) is 34.3 Å². The molecule has 0 fully saturated rings. The molecule has 1 aromatic heterocycles. The number of pyridine rings is 1. The summed E-state index contributed by atoms with van der Waals surface area (Å²) in [7, 11) is 0. The van der Waals surface area contributed by atoms with E-state index >= 15 is 0 Å². The van der Waals surface area contributed by atoms with E-state index in [0.717, 1.165) is 45.7 Å². The average molecular weight is 559 g/mol. The zero-order valence-electron chi connectivity index (χ0n) is 22.6. The first-order valence-electron chi connectivity index (χ1n) is 12.1. The molecule has 0 amide bonds. The van der Waals surface area contributed by atoms with Crippen molar-refractivity contribution in [3.05, 3.63) is 57.5 Å². The summed E-state index contributed by atoms with van der Waals surface area (Å²) in [6, 6.07) is 5.85. The minimum atomic E-state index is -2.39. The van der Waals surface area contributed by atoms with Crippen molar-refractivity contribution in [1.82, 2.24) is 10.3 Å². The van der Waals surface area contributed by atoms with Crippen molar-refractivity contribution in [1.29, 1.82) is 10.7 Å². The predicted octanol–water partition coefficient (Wildman–Crippen LogP) is 7.20. The highest BCUT2D eigenvalue weighted by molar-refractivity contribution is 8.57. The molecule has 1 atom stereocenters. The summed E-state index contributed by atoms with van der Waals surface area (Å²) < 4.78 is 12.4. The topological polar surface area (TPSA) is 128 Å². The Kier molecular flexibility index (Phi) is 11.0. The average Bonchev–Trinajstić information content (AvgIpc) is 2.78. The van der Waals surface area contributed by atoms with Gasteiger partial charge in [-0.05, 0) is 70.7 Å². The molecule has 0 aliphatic heterocycles. The quantitative estimate of drug-likeness (QED) is 0.152. The molecule has 198 valence electrons. The first kappa shape index (κ1) is 30.6. The molecule has 2 aromatic rings. The lowest BCUT2D eigenvalue weighted by Crippen LogP contribution is -2.27. The van der Waals surface area contributed by atoms with Crippen LogP contribution in [-0.2, 0) is 11.0 Å². The number of rotatable bonds is 11. The number of nitrogens with one attached hydrogen (secondary N) is 2. The molecule has 0 saturated carbocycles. The fraction of sp³-hybridized carbons (Fsp3) is 0.407. The van der Waals surface area contributed by atoms with Crippen molar-refractivity contribution in [3.8, 4) is 17.2 Å². The number of aromatic nitrogens is 1. The SMILES string of the molecule is CCCc1c(C(C)N/C(C)=C(C(C)=N)/C(N)=N\CC)cc(Cl)c(C#N)c1-c1cncc(SP(C)(C)=O)c1. The van der Waals surface area contributed by atoms with Gasteiger partial charge in [-0.25, -0.2) is 0 Å². The van der Waals surface area contributed by atoms with Gasteiger partial charge in [0, 0.05) is 52.4 Å². The third kappa shape index (κ3) is 7.95. The van der Waals surface area contributed by atoms with E-state index in [9.17, 15) is 9.83 Å². The zero-order valence-corrected chi connectivity index (χ0v) is 25.0. The smallest absolute Gasteiger partial charge is 0.137 e. The largest absolute Gasteiger partial charge is 0.383 e. The van der Waals surface area contributed by atoms with Gasteiger partial charge < -0.3 is 21.0 Å². The Morgan fingerprint density at radius 2 is 2.00 bits per heavy atom. The van der Waals surface area contributed by atoms with Crippen molar-refractivity contribution in [2.45, 2.75) is 58.4 Å². The molecular formula is C27H36ClN6OPS. The van der Waals surface area contributed by atoms with Crippen LogP contribution < -0.4 is 11.1 Å². The van der Waals surface area contributed by atoms with Gasteiger partial charge in [0.15, 0.2) is 0 Å². The monoisotopic (exact) mass is 558 g/mol. The summed E-state index contributed by atoms with van der Waals surface area (Å²) >= 11 is 7.98. The Balaban J connectivity index is 2.75. The lowest BCUT2D eigenvalue weighted by Gasteiger charge is -2.25. The molecular weight excluding hydrogens is 523 g/mol. The first-order valence-corrected chi connectivity index (χ1v) is 16.5. The van der Waals surface area contributed by atoms with Crippen LogP contribution in [0, 0.1) is 16.7 Å². The second-order valence-corrected chi connectivity index (χ2v) is 15.9. The highest BCUT2D eigenvalue weighted by atomic mass is 35.5. The number of allylic oxidation sites excluding steroid dienone is 1. The summed E-state index contributed by atoms with van der Waals surface area (Å²) in [5, 5.41) is 22.1. The Morgan fingerprint density at radius 3 is 2.54 bits per heavy atom. The molecule has 0 bridgehead atoms. The minimum absolute atomic E-state index is 0.202. The normalized spacial score (nSPS) is 13.5. The van der Waals surface area contributed by atoms with Crippen molar-refractivity contribution in [2.75, 3.05) is 19.9 Å². The number of amidine groups is 1. The van der Waals surface area contributed by atoms with Gasteiger partial charge in [-0.1, -0.05) is 36.3 Å². The van der Waals surface area contributed by atoms with E-state index in [1.807, 2.05) is 32.9 Å². The Morgan fingerprint density at radius 1 is 1.32 bits per heavy atom. The van der Waals surface area contributed by atoms with E-state index in [2.05, 4.69) is 28.3 Å². The van der Waals surface area contributed by atoms with Crippen LogP contribution in [0.25, 0.3) is 11.1 Å². The Labute approximate surface area is 229 Å². The molecule has 2 rings (SSSR count). The van der Waals surface area contributed by atoms with Gasteiger partial charge in [0.1, 0.15) is 18.2 Å². The van der Waals surface area contributed by atoms with Crippen LogP contribution in [-0.4, -0.2) is 36.4 Å². The number of nitrogens with zero attached hydrogens (tertiary/aromatic N) is 3. The fourth-order valence-electron chi connectivity index (χ4n) is 4.29.